The molecule has 2 amide bonds. The van der Waals surface area contributed by atoms with E-state index in [1.807, 2.05) is 42.5 Å². The summed E-state index contributed by atoms with van der Waals surface area (Å²) < 4.78 is 11.0. The average molecular weight is 414 g/mol. The summed E-state index contributed by atoms with van der Waals surface area (Å²) in [6, 6.07) is 24.2. The first kappa shape index (κ1) is 20.2. The number of carbonyl (C=O) groups excluding carboxylic acids is 2. The summed E-state index contributed by atoms with van der Waals surface area (Å²) in [5, 5.41) is 7.77. The Morgan fingerprint density at radius 3 is 2.45 bits per heavy atom. The highest BCUT2D eigenvalue weighted by atomic mass is 16.5. The van der Waals surface area contributed by atoms with Crippen molar-refractivity contribution in [2.75, 3.05) is 17.2 Å². The molecule has 0 aliphatic heterocycles. The smallest absolute Gasteiger partial charge is 0.291 e. The number of furan rings is 1. The second kappa shape index (κ2) is 9.63. The third-order valence-corrected chi connectivity index (χ3v) is 4.70. The molecule has 0 saturated carbocycles. The zero-order valence-corrected chi connectivity index (χ0v) is 16.8. The fraction of sp³-hybridized carbons (Fsp3) is 0.120. The van der Waals surface area contributed by atoms with Crippen LogP contribution in [-0.4, -0.2) is 18.4 Å². The number of fused-ring (bicyclic) bond motifs is 1. The van der Waals surface area contributed by atoms with Gasteiger partial charge < -0.3 is 19.8 Å². The number of rotatable bonds is 8. The normalized spacial score (nSPS) is 10.6. The standard InChI is InChI=1S/C25H22N2O4/c28-24(14-6-16-30-22-12-3-8-18-7-1-2-11-21(18)22)26-19-9-4-10-20(17-19)27-25(29)23-13-5-15-31-23/h1-5,7-13,15,17H,6,14,16H2,(H,26,28)(H,27,29). The van der Waals surface area contributed by atoms with Crippen LogP contribution < -0.4 is 15.4 Å². The van der Waals surface area contributed by atoms with Crippen molar-refractivity contribution < 1.29 is 18.7 Å². The average Bonchev–Trinajstić information content (AvgIpc) is 3.32. The Kier molecular flexibility index (Phi) is 6.28. The first-order chi connectivity index (χ1) is 15.2. The largest absolute Gasteiger partial charge is 0.493 e. The molecule has 0 aliphatic rings. The molecule has 0 aliphatic carbocycles. The summed E-state index contributed by atoms with van der Waals surface area (Å²) >= 11 is 0. The highest BCUT2D eigenvalue weighted by molar-refractivity contribution is 6.02. The van der Waals surface area contributed by atoms with Gasteiger partial charge in [0, 0.05) is 23.2 Å². The highest BCUT2D eigenvalue weighted by Gasteiger charge is 2.10. The minimum absolute atomic E-state index is 0.115. The maximum Gasteiger partial charge on any atom is 0.291 e. The van der Waals surface area contributed by atoms with Gasteiger partial charge in [0.2, 0.25) is 5.91 Å². The molecule has 1 heterocycles. The Morgan fingerprint density at radius 1 is 0.839 bits per heavy atom. The zero-order chi connectivity index (χ0) is 21.5. The van der Waals surface area contributed by atoms with Crippen LogP contribution in [0, 0.1) is 0 Å². The fourth-order valence-electron chi connectivity index (χ4n) is 3.24. The molecular formula is C25H22N2O4. The van der Waals surface area contributed by atoms with Crippen LogP contribution in [-0.2, 0) is 4.79 Å². The van der Waals surface area contributed by atoms with Crippen molar-refractivity contribution in [3.05, 3.63) is 90.9 Å². The molecule has 4 rings (SSSR count). The molecule has 0 saturated heterocycles. The van der Waals surface area contributed by atoms with Gasteiger partial charge in [0.25, 0.3) is 5.91 Å². The van der Waals surface area contributed by atoms with E-state index in [0.717, 1.165) is 16.5 Å². The number of amides is 2. The molecule has 0 unspecified atom stereocenters. The summed E-state index contributed by atoms with van der Waals surface area (Å²) in [6.07, 6.45) is 2.35. The van der Waals surface area contributed by atoms with E-state index in [1.165, 1.54) is 6.26 Å². The summed E-state index contributed by atoms with van der Waals surface area (Å²) in [5.41, 5.74) is 1.18. The molecule has 0 atom stereocenters. The first-order valence-electron chi connectivity index (χ1n) is 10.0. The Balaban J connectivity index is 1.26. The molecular weight excluding hydrogens is 392 g/mol. The fourth-order valence-corrected chi connectivity index (χ4v) is 3.24. The monoisotopic (exact) mass is 414 g/mol. The van der Waals surface area contributed by atoms with E-state index in [2.05, 4.69) is 10.6 Å². The number of hydrogen-bond donors (Lipinski definition) is 2. The third kappa shape index (κ3) is 5.30. The molecule has 0 spiro atoms. The van der Waals surface area contributed by atoms with Gasteiger partial charge in [-0.15, -0.1) is 0 Å². The van der Waals surface area contributed by atoms with Gasteiger partial charge in [-0.1, -0.05) is 42.5 Å². The molecule has 6 heteroatoms. The Hall–Kier alpha value is -4.06. The number of carbonyl (C=O) groups is 2. The molecule has 4 aromatic rings. The SMILES string of the molecule is O=C(CCCOc1cccc2ccccc12)Nc1cccc(NC(=O)c2ccco2)c1. The van der Waals surface area contributed by atoms with Gasteiger partial charge >= 0.3 is 0 Å². The first-order valence-corrected chi connectivity index (χ1v) is 10.0. The van der Waals surface area contributed by atoms with Crippen molar-refractivity contribution in [1.82, 2.24) is 0 Å². The van der Waals surface area contributed by atoms with Gasteiger partial charge in [0.1, 0.15) is 5.75 Å². The van der Waals surface area contributed by atoms with E-state index in [9.17, 15) is 9.59 Å². The van der Waals surface area contributed by atoms with Gasteiger partial charge in [-0.25, -0.2) is 0 Å². The van der Waals surface area contributed by atoms with Crippen LogP contribution in [0.2, 0.25) is 0 Å². The van der Waals surface area contributed by atoms with Crippen LogP contribution in [0.15, 0.2) is 89.5 Å². The van der Waals surface area contributed by atoms with Crippen LogP contribution in [0.3, 0.4) is 0 Å². The highest BCUT2D eigenvalue weighted by Crippen LogP contribution is 2.25. The summed E-state index contributed by atoms with van der Waals surface area (Å²) in [4.78, 5) is 24.4. The van der Waals surface area contributed by atoms with Crippen molar-refractivity contribution in [1.29, 1.82) is 0 Å². The Morgan fingerprint density at radius 2 is 1.61 bits per heavy atom. The van der Waals surface area contributed by atoms with Crippen LogP contribution in [0.5, 0.6) is 5.75 Å². The summed E-state index contributed by atoms with van der Waals surface area (Å²) in [5.74, 6) is 0.578. The lowest BCUT2D eigenvalue weighted by Gasteiger charge is -2.10. The van der Waals surface area contributed by atoms with E-state index in [-0.39, 0.29) is 17.6 Å². The van der Waals surface area contributed by atoms with Crippen LogP contribution in [0.25, 0.3) is 10.8 Å². The molecule has 0 bridgehead atoms. The Bertz CT molecular complexity index is 1180. The number of ether oxygens (including phenoxy) is 1. The quantitative estimate of drug-likeness (QED) is 0.374. The van der Waals surface area contributed by atoms with Gasteiger partial charge in [-0.2, -0.15) is 0 Å². The predicted molar refractivity (Wildman–Crippen MR) is 120 cm³/mol. The van der Waals surface area contributed by atoms with Gasteiger partial charge in [0.15, 0.2) is 5.76 Å². The van der Waals surface area contributed by atoms with Crippen molar-refractivity contribution in [2.24, 2.45) is 0 Å². The van der Waals surface area contributed by atoms with E-state index in [1.54, 1.807) is 36.4 Å². The van der Waals surface area contributed by atoms with Crippen LogP contribution in [0.4, 0.5) is 11.4 Å². The van der Waals surface area contributed by atoms with E-state index in [0.29, 0.717) is 30.8 Å². The molecule has 2 N–H and O–H groups in total. The molecule has 0 radical (unpaired) electrons. The molecule has 0 fully saturated rings. The summed E-state index contributed by atoms with van der Waals surface area (Å²) in [6.45, 7) is 0.445. The number of anilines is 2. The van der Waals surface area contributed by atoms with Gasteiger partial charge in [0.05, 0.1) is 12.9 Å². The topological polar surface area (TPSA) is 80.6 Å². The lowest BCUT2D eigenvalue weighted by atomic mass is 10.1. The van der Waals surface area contributed by atoms with E-state index in [4.69, 9.17) is 9.15 Å². The molecule has 156 valence electrons. The maximum absolute atomic E-state index is 12.3. The minimum Gasteiger partial charge on any atom is -0.493 e. The van der Waals surface area contributed by atoms with E-state index >= 15 is 0 Å². The molecule has 3 aromatic carbocycles. The molecule has 31 heavy (non-hydrogen) atoms. The molecule has 6 nitrogen and oxygen atoms in total. The number of nitrogens with one attached hydrogen (secondary N) is 2. The van der Waals surface area contributed by atoms with Gasteiger partial charge in [-0.05, 0) is 48.2 Å². The van der Waals surface area contributed by atoms with Crippen LogP contribution in [0.1, 0.15) is 23.4 Å². The number of benzene rings is 3. The lowest BCUT2D eigenvalue weighted by Crippen LogP contribution is -2.14. The second-order valence-corrected chi connectivity index (χ2v) is 6.99. The summed E-state index contributed by atoms with van der Waals surface area (Å²) in [7, 11) is 0. The zero-order valence-electron chi connectivity index (χ0n) is 16.8. The van der Waals surface area contributed by atoms with Gasteiger partial charge in [-0.3, -0.25) is 9.59 Å². The minimum atomic E-state index is -0.348. The third-order valence-electron chi connectivity index (χ3n) is 4.70. The van der Waals surface area contributed by atoms with Crippen LogP contribution >= 0.6 is 0 Å². The van der Waals surface area contributed by atoms with Crippen molar-refractivity contribution in [2.45, 2.75) is 12.8 Å². The van der Waals surface area contributed by atoms with Crippen molar-refractivity contribution in [3.8, 4) is 5.75 Å². The number of hydrogen-bond acceptors (Lipinski definition) is 4. The predicted octanol–water partition coefficient (Wildman–Crippen LogP) is 5.48. The van der Waals surface area contributed by atoms with Crippen molar-refractivity contribution >= 4 is 34.0 Å². The maximum atomic E-state index is 12.3. The van der Waals surface area contributed by atoms with Crippen molar-refractivity contribution in [3.63, 3.8) is 0 Å². The Labute approximate surface area is 179 Å². The lowest BCUT2D eigenvalue weighted by molar-refractivity contribution is -0.116. The molecule has 1 aromatic heterocycles. The van der Waals surface area contributed by atoms with E-state index < -0.39 is 0 Å². The second-order valence-electron chi connectivity index (χ2n) is 6.99.